The summed E-state index contributed by atoms with van der Waals surface area (Å²) >= 11 is 5.81. The summed E-state index contributed by atoms with van der Waals surface area (Å²) in [4.78, 5) is 15.8. The lowest BCUT2D eigenvalue weighted by Crippen LogP contribution is -2.23. The fourth-order valence-corrected chi connectivity index (χ4v) is 1.66. The molecule has 6 nitrogen and oxygen atoms in total. The van der Waals surface area contributed by atoms with Crippen LogP contribution in [0.1, 0.15) is 22.1 Å². The zero-order valence-electron chi connectivity index (χ0n) is 9.61. The first-order chi connectivity index (χ1) is 8.54. The van der Waals surface area contributed by atoms with Gasteiger partial charge >= 0.3 is 0 Å². The largest absolute Gasteiger partial charge is 0.399 e. The molecule has 0 unspecified atom stereocenters. The lowest BCUT2D eigenvalue weighted by molar-refractivity contribution is 0.0946. The van der Waals surface area contributed by atoms with Crippen LogP contribution in [0.5, 0.6) is 0 Å². The second kappa shape index (κ2) is 5.05. The molecule has 0 aliphatic rings. The predicted molar refractivity (Wildman–Crippen MR) is 66.1 cm³/mol. The number of hydrogen-bond acceptors (Lipinski definition) is 5. The van der Waals surface area contributed by atoms with E-state index >= 15 is 0 Å². The SMILES string of the molecule is Cc1noc(CNC(=O)c2cc(N)cc(Cl)c2)n1. The summed E-state index contributed by atoms with van der Waals surface area (Å²) in [7, 11) is 0. The second-order valence-corrected chi connectivity index (χ2v) is 4.13. The van der Waals surface area contributed by atoms with Crippen LogP contribution < -0.4 is 11.1 Å². The average molecular weight is 267 g/mol. The van der Waals surface area contributed by atoms with Crippen molar-refractivity contribution in [3.63, 3.8) is 0 Å². The molecule has 1 amide bonds. The molecule has 0 atom stereocenters. The number of carbonyl (C=O) groups excluding carboxylic acids is 1. The van der Waals surface area contributed by atoms with Gasteiger partial charge in [0.1, 0.15) is 0 Å². The lowest BCUT2D eigenvalue weighted by atomic mass is 10.2. The number of halogens is 1. The van der Waals surface area contributed by atoms with Crippen LogP contribution in [0.3, 0.4) is 0 Å². The van der Waals surface area contributed by atoms with E-state index in [0.29, 0.717) is 28.0 Å². The molecule has 7 heteroatoms. The molecule has 0 aliphatic carbocycles. The normalized spacial score (nSPS) is 10.3. The van der Waals surface area contributed by atoms with Crippen molar-refractivity contribution in [1.29, 1.82) is 0 Å². The van der Waals surface area contributed by atoms with E-state index in [4.69, 9.17) is 21.9 Å². The van der Waals surface area contributed by atoms with Crippen molar-refractivity contribution < 1.29 is 9.32 Å². The maximum absolute atomic E-state index is 11.8. The van der Waals surface area contributed by atoms with E-state index in [-0.39, 0.29) is 12.5 Å². The molecule has 3 N–H and O–H groups in total. The number of anilines is 1. The molecule has 18 heavy (non-hydrogen) atoms. The Labute approximate surface area is 108 Å². The maximum atomic E-state index is 11.8. The lowest BCUT2D eigenvalue weighted by Gasteiger charge is -2.04. The van der Waals surface area contributed by atoms with Crippen molar-refractivity contribution in [3.05, 3.63) is 40.5 Å². The summed E-state index contributed by atoms with van der Waals surface area (Å²) in [5.74, 6) is 0.558. The highest BCUT2D eigenvalue weighted by atomic mass is 35.5. The fraction of sp³-hybridized carbons (Fsp3) is 0.182. The van der Waals surface area contributed by atoms with Gasteiger partial charge in [-0.1, -0.05) is 16.8 Å². The minimum absolute atomic E-state index is 0.159. The minimum Gasteiger partial charge on any atom is -0.399 e. The van der Waals surface area contributed by atoms with Crippen LogP contribution in [0.15, 0.2) is 22.7 Å². The molecule has 94 valence electrons. The highest BCUT2D eigenvalue weighted by Crippen LogP contribution is 2.16. The molecule has 0 saturated heterocycles. The van der Waals surface area contributed by atoms with Gasteiger partial charge in [-0.25, -0.2) is 0 Å². The number of aryl methyl sites for hydroxylation is 1. The van der Waals surface area contributed by atoms with Crippen LogP contribution in [0.4, 0.5) is 5.69 Å². The van der Waals surface area contributed by atoms with Crippen LogP contribution in [0.25, 0.3) is 0 Å². The first kappa shape index (κ1) is 12.4. The van der Waals surface area contributed by atoms with Gasteiger partial charge in [0.15, 0.2) is 5.82 Å². The smallest absolute Gasteiger partial charge is 0.251 e. The standard InChI is InChI=1S/C11H11ClN4O2/c1-6-15-10(18-16-6)5-14-11(17)7-2-8(12)4-9(13)3-7/h2-4H,5,13H2,1H3,(H,14,17). The molecule has 1 aromatic carbocycles. The monoisotopic (exact) mass is 266 g/mol. The van der Waals surface area contributed by atoms with Gasteiger partial charge < -0.3 is 15.6 Å². The topological polar surface area (TPSA) is 94.0 Å². The molecule has 0 aliphatic heterocycles. The van der Waals surface area contributed by atoms with Gasteiger partial charge in [-0.3, -0.25) is 4.79 Å². The van der Waals surface area contributed by atoms with Crippen LogP contribution in [0.2, 0.25) is 5.02 Å². The quantitative estimate of drug-likeness (QED) is 0.822. The summed E-state index contributed by atoms with van der Waals surface area (Å²) in [6.07, 6.45) is 0. The van der Waals surface area contributed by atoms with Crippen molar-refractivity contribution in [2.45, 2.75) is 13.5 Å². The first-order valence-electron chi connectivity index (χ1n) is 5.18. The Morgan fingerprint density at radius 3 is 2.89 bits per heavy atom. The highest BCUT2D eigenvalue weighted by molar-refractivity contribution is 6.31. The predicted octanol–water partition coefficient (Wildman–Crippen LogP) is 1.54. The van der Waals surface area contributed by atoms with Crippen molar-refractivity contribution in [2.75, 3.05) is 5.73 Å². The van der Waals surface area contributed by atoms with Gasteiger partial charge in [-0.05, 0) is 25.1 Å². The van der Waals surface area contributed by atoms with Gasteiger partial charge in [0, 0.05) is 16.3 Å². The van der Waals surface area contributed by atoms with E-state index in [1.54, 1.807) is 19.1 Å². The molecule has 1 aromatic heterocycles. The van der Waals surface area contributed by atoms with Crippen molar-refractivity contribution in [1.82, 2.24) is 15.5 Å². The maximum Gasteiger partial charge on any atom is 0.251 e. The van der Waals surface area contributed by atoms with E-state index in [0.717, 1.165) is 0 Å². The number of nitrogen functional groups attached to an aromatic ring is 1. The number of aromatic nitrogens is 2. The Bertz CT molecular complexity index is 562. The van der Waals surface area contributed by atoms with Crippen molar-refractivity contribution >= 4 is 23.2 Å². The van der Waals surface area contributed by atoms with Gasteiger partial charge in [-0.15, -0.1) is 0 Å². The number of amides is 1. The molecule has 0 bridgehead atoms. The minimum atomic E-state index is -0.306. The zero-order valence-corrected chi connectivity index (χ0v) is 10.4. The molecule has 1 heterocycles. The average Bonchev–Trinajstić information content (AvgIpc) is 2.70. The number of nitrogens with one attached hydrogen (secondary N) is 1. The highest BCUT2D eigenvalue weighted by Gasteiger charge is 2.09. The summed E-state index contributed by atoms with van der Waals surface area (Å²) < 4.78 is 4.87. The summed E-state index contributed by atoms with van der Waals surface area (Å²) in [5, 5.41) is 6.66. The van der Waals surface area contributed by atoms with Crippen molar-refractivity contribution in [2.24, 2.45) is 0 Å². The summed E-state index contributed by atoms with van der Waals surface area (Å²) in [6.45, 7) is 1.86. The van der Waals surface area contributed by atoms with Crippen LogP contribution in [-0.2, 0) is 6.54 Å². The van der Waals surface area contributed by atoms with Crippen LogP contribution in [0, 0.1) is 6.92 Å². The van der Waals surface area contributed by atoms with Crippen molar-refractivity contribution in [3.8, 4) is 0 Å². The third-order valence-electron chi connectivity index (χ3n) is 2.15. The number of nitrogens with two attached hydrogens (primary N) is 1. The van der Waals surface area contributed by atoms with E-state index in [2.05, 4.69) is 15.5 Å². The first-order valence-corrected chi connectivity index (χ1v) is 5.56. The Hall–Kier alpha value is -2.08. The van der Waals surface area contributed by atoms with Crippen LogP contribution >= 0.6 is 11.6 Å². The number of hydrogen-bond donors (Lipinski definition) is 2. The zero-order chi connectivity index (χ0) is 13.1. The van der Waals surface area contributed by atoms with Gasteiger partial charge in [0.05, 0.1) is 6.54 Å². The Kier molecular flexibility index (Phi) is 3.47. The molecule has 0 saturated carbocycles. The fourth-order valence-electron chi connectivity index (χ4n) is 1.41. The van der Waals surface area contributed by atoms with Gasteiger partial charge in [0.25, 0.3) is 5.91 Å². The van der Waals surface area contributed by atoms with E-state index in [1.165, 1.54) is 6.07 Å². The molecular weight excluding hydrogens is 256 g/mol. The van der Waals surface area contributed by atoms with Crippen LogP contribution in [-0.4, -0.2) is 16.0 Å². The number of rotatable bonds is 3. The molecule has 0 radical (unpaired) electrons. The molecule has 0 spiro atoms. The third-order valence-corrected chi connectivity index (χ3v) is 2.37. The van der Waals surface area contributed by atoms with Gasteiger partial charge in [0.2, 0.25) is 5.89 Å². The number of carbonyl (C=O) groups is 1. The molecule has 2 aromatic rings. The Morgan fingerprint density at radius 1 is 1.50 bits per heavy atom. The Balaban J connectivity index is 2.03. The summed E-state index contributed by atoms with van der Waals surface area (Å²) in [5.41, 5.74) is 6.42. The second-order valence-electron chi connectivity index (χ2n) is 3.69. The van der Waals surface area contributed by atoms with E-state index in [9.17, 15) is 4.79 Å². The molecular formula is C11H11ClN4O2. The number of nitrogens with zero attached hydrogens (tertiary/aromatic N) is 2. The molecule has 0 fully saturated rings. The van der Waals surface area contributed by atoms with E-state index < -0.39 is 0 Å². The Morgan fingerprint density at radius 2 is 2.28 bits per heavy atom. The van der Waals surface area contributed by atoms with Gasteiger partial charge in [-0.2, -0.15) is 4.98 Å². The van der Waals surface area contributed by atoms with E-state index in [1.807, 2.05) is 0 Å². The summed E-state index contributed by atoms with van der Waals surface area (Å²) in [6, 6.07) is 4.65. The number of benzene rings is 1. The third kappa shape index (κ3) is 2.98. The molecule has 2 rings (SSSR count).